The van der Waals surface area contributed by atoms with Crippen molar-refractivity contribution in [2.75, 3.05) is 24.8 Å². The van der Waals surface area contributed by atoms with Gasteiger partial charge in [0, 0.05) is 24.8 Å². The minimum Gasteiger partial charge on any atom is -0.315 e. The average Bonchev–Trinajstić information content (AvgIpc) is 3.10. The standard InChI is InChI=1S/C15H15Cl2N7O4S/c16-5-7-24(8-6-17)29(27,28)10-3-1-9(2-4-10)22-23-14-18-11-12(19-14)20-15(26)21-13(11)25/h1-4H,5-8H2,(H3,18,19,20,21,25,26). The monoisotopic (exact) mass is 459 g/mol. The van der Waals surface area contributed by atoms with Crippen molar-refractivity contribution in [1.82, 2.24) is 24.2 Å². The molecule has 154 valence electrons. The fourth-order valence-corrected chi connectivity index (χ4v) is 4.50. The summed E-state index contributed by atoms with van der Waals surface area (Å²) in [4.78, 5) is 34.0. The molecular weight excluding hydrogens is 445 g/mol. The van der Waals surface area contributed by atoms with Crippen LogP contribution in [0.25, 0.3) is 11.2 Å². The largest absolute Gasteiger partial charge is 0.327 e. The summed E-state index contributed by atoms with van der Waals surface area (Å²) in [6.45, 7) is 0.288. The van der Waals surface area contributed by atoms with Crippen LogP contribution in [0.2, 0.25) is 0 Å². The van der Waals surface area contributed by atoms with Crippen LogP contribution in [0.5, 0.6) is 0 Å². The predicted molar refractivity (Wildman–Crippen MR) is 108 cm³/mol. The highest BCUT2D eigenvalue weighted by Gasteiger charge is 2.23. The first-order chi connectivity index (χ1) is 13.8. The summed E-state index contributed by atoms with van der Waals surface area (Å²) in [6, 6.07) is 5.71. The number of azo groups is 1. The maximum absolute atomic E-state index is 12.6. The molecule has 11 nitrogen and oxygen atoms in total. The number of halogens is 2. The SMILES string of the molecule is O=c1[nH]c(=O)c2[nH]c(N=Nc3ccc(S(=O)(=O)N(CCCl)CCCl)cc3)nc2[nH]1. The first-order valence-corrected chi connectivity index (χ1v) is 10.7. The van der Waals surface area contributed by atoms with E-state index in [0.717, 1.165) is 0 Å². The second-order valence-corrected chi connectivity index (χ2v) is 8.36. The highest BCUT2D eigenvalue weighted by atomic mass is 35.5. The minimum absolute atomic E-state index is 0.000511. The Labute approximate surface area is 173 Å². The van der Waals surface area contributed by atoms with Crippen molar-refractivity contribution in [2.45, 2.75) is 4.90 Å². The van der Waals surface area contributed by atoms with Crippen molar-refractivity contribution < 1.29 is 8.42 Å². The number of rotatable bonds is 8. The van der Waals surface area contributed by atoms with Crippen molar-refractivity contribution >= 4 is 56.0 Å². The molecule has 3 aromatic rings. The number of nitrogens with one attached hydrogen (secondary N) is 3. The lowest BCUT2D eigenvalue weighted by atomic mass is 10.3. The molecule has 0 spiro atoms. The van der Waals surface area contributed by atoms with Crippen molar-refractivity contribution in [2.24, 2.45) is 10.2 Å². The Bertz CT molecular complexity index is 1240. The number of sulfonamides is 1. The third kappa shape index (κ3) is 4.72. The molecule has 0 saturated heterocycles. The van der Waals surface area contributed by atoms with E-state index in [4.69, 9.17) is 23.2 Å². The van der Waals surface area contributed by atoms with Gasteiger partial charge >= 0.3 is 5.69 Å². The number of aromatic amines is 3. The zero-order valence-electron chi connectivity index (χ0n) is 14.7. The van der Waals surface area contributed by atoms with Gasteiger partial charge in [-0.15, -0.1) is 33.4 Å². The molecule has 29 heavy (non-hydrogen) atoms. The van der Waals surface area contributed by atoms with Crippen molar-refractivity contribution in [3.8, 4) is 0 Å². The number of alkyl halides is 2. The zero-order chi connectivity index (χ0) is 21.0. The molecule has 0 amide bonds. The summed E-state index contributed by atoms with van der Waals surface area (Å²) >= 11 is 11.3. The van der Waals surface area contributed by atoms with Crippen LogP contribution in [0.1, 0.15) is 0 Å². The van der Waals surface area contributed by atoms with Gasteiger partial charge in [-0.1, -0.05) is 0 Å². The summed E-state index contributed by atoms with van der Waals surface area (Å²) in [6.07, 6.45) is 0. The second-order valence-electron chi connectivity index (χ2n) is 5.67. The van der Waals surface area contributed by atoms with E-state index in [9.17, 15) is 18.0 Å². The van der Waals surface area contributed by atoms with E-state index in [-0.39, 0.29) is 46.9 Å². The van der Waals surface area contributed by atoms with Crippen molar-refractivity contribution in [3.63, 3.8) is 0 Å². The molecule has 0 radical (unpaired) electrons. The number of hydrogen-bond acceptors (Lipinski definition) is 7. The second kappa shape index (κ2) is 8.86. The molecule has 0 fully saturated rings. The topological polar surface area (TPSA) is 156 Å². The molecule has 0 aliphatic rings. The molecule has 2 heterocycles. The fraction of sp³-hybridized carbons (Fsp3) is 0.267. The molecule has 1 aromatic carbocycles. The zero-order valence-corrected chi connectivity index (χ0v) is 17.1. The highest BCUT2D eigenvalue weighted by Crippen LogP contribution is 2.22. The number of hydrogen-bond donors (Lipinski definition) is 3. The van der Waals surface area contributed by atoms with Gasteiger partial charge in [-0.25, -0.2) is 13.2 Å². The van der Waals surface area contributed by atoms with Crippen LogP contribution < -0.4 is 11.2 Å². The van der Waals surface area contributed by atoms with Crippen LogP contribution in [0, 0.1) is 0 Å². The molecule has 0 saturated carbocycles. The van der Waals surface area contributed by atoms with E-state index in [1.807, 2.05) is 0 Å². The van der Waals surface area contributed by atoms with Crippen LogP contribution in [0.15, 0.2) is 49.0 Å². The Morgan fingerprint density at radius 2 is 1.62 bits per heavy atom. The third-order valence-corrected chi connectivity index (χ3v) is 6.03. The Morgan fingerprint density at radius 3 is 2.24 bits per heavy atom. The lowest BCUT2D eigenvalue weighted by molar-refractivity contribution is 0.448. The summed E-state index contributed by atoms with van der Waals surface area (Å²) in [5, 5.41) is 7.80. The van der Waals surface area contributed by atoms with Crippen molar-refractivity contribution in [1.29, 1.82) is 0 Å². The predicted octanol–water partition coefficient (Wildman–Crippen LogP) is 1.82. The van der Waals surface area contributed by atoms with Crippen LogP contribution in [0.3, 0.4) is 0 Å². The number of fused-ring (bicyclic) bond motifs is 1. The lowest BCUT2D eigenvalue weighted by Gasteiger charge is -2.20. The number of H-pyrrole nitrogens is 3. The van der Waals surface area contributed by atoms with Gasteiger partial charge in [0.25, 0.3) is 5.56 Å². The van der Waals surface area contributed by atoms with Crippen LogP contribution in [-0.2, 0) is 10.0 Å². The quantitative estimate of drug-likeness (QED) is 0.345. The van der Waals surface area contributed by atoms with Gasteiger partial charge in [0.05, 0.1) is 10.6 Å². The summed E-state index contributed by atoms with van der Waals surface area (Å²) in [5.74, 6) is 0.293. The van der Waals surface area contributed by atoms with E-state index in [2.05, 4.69) is 30.2 Å². The smallest absolute Gasteiger partial charge is 0.315 e. The first kappa shape index (κ1) is 21.2. The number of benzene rings is 1. The molecule has 3 N–H and O–H groups in total. The molecule has 3 rings (SSSR count). The van der Waals surface area contributed by atoms with Gasteiger partial charge in [0.15, 0.2) is 11.2 Å². The molecule has 0 atom stereocenters. The van der Waals surface area contributed by atoms with Crippen LogP contribution >= 0.6 is 23.2 Å². The highest BCUT2D eigenvalue weighted by molar-refractivity contribution is 7.89. The van der Waals surface area contributed by atoms with E-state index in [1.165, 1.54) is 28.6 Å². The van der Waals surface area contributed by atoms with E-state index in [0.29, 0.717) is 5.69 Å². The Hall–Kier alpha value is -2.54. The van der Waals surface area contributed by atoms with E-state index >= 15 is 0 Å². The molecule has 2 aromatic heterocycles. The Kier molecular flexibility index (Phi) is 6.47. The van der Waals surface area contributed by atoms with Gasteiger partial charge in [0.1, 0.15) is 0 Å². The molecular formula is C15H15Cl2N7O4S. The Balaban J connectivity index is 1.82. The summed E-state index contributed by atoms with van der Waals surface area (Å²) in [5.41, 5.74) is -0.864. The van der Waals surface area contributed by atoms with Crippen LogP contribution in [0.4, 0.5) is 11.6 Å². The van der Waals surface area contributed by atoms with E-state index < -0.39 is 21.3 Å². The number of nitrogens with zero attached hydrogens (tertiary/aromatic N) is 4. The van der Waals surface area contributed by atoms with Gasteiger partial charge in [-0.3, -0.25) is 14.8 Å². The van der Waals surface area contributed by atoms with Crippen molar-refractivity contribution in [3.05, 3.63) is 45.1 Å². The van der Waals surface area contributed by atoms with Gasteiger partial charge in [0.2, 0.25) is 16.0 Å². The average molecular weight is 460 g/mol. The fourth-order valence-electron chi connectivity index (χ4n) is 2.45. The first-order valence-electron chi connectivity index (χ1n) is 8.21. The summed E-state index contributed by atoms with van der Waals surface area (Å²) < 4.78 is 26.5. The molecule has 0 unspecified atom stereocenters. The number of aromatic nitrogens is 4. The van der Waals surface area contributed by atoms with E-state index in [1.54, 1.807) is 0 Å². The maximum atomic E-state index is 12.6. The summed E-state index contributed by atoms with van der Waals surface area (Å²) in [7, 11) is -3.73. The maximum Gasteiger partial charge on any atom is 0.327 e. The molecule has 14 heteroatoms. The van der Waals surface area contributed by atoms with Gasteiger partial charge < -0.3 is 4.98 Å². The lowest BCUT2D eigenvalue weighted by Crippen LogP contribution is -2.34. The third-order valence-electron chi connectivity index (χ3n) is 3.78. The van der Waals surface area contributed by atoms with Gasteiger partial charge in [-0.05, 0) is 24.3 Å². The number of imidazole rings is 1. The van der Waals surface area contributed by atoms with Gasteiger partial charge in [-0.2, -0.15) is 9.29 Å². The van der Waals surface area contributed by atoms with Crippen LogP contribution in [-0.4, -0.2) is 57.5 Å². The molecule has 0 aliphatic carbocycles. The molecule has 0 bridgehead atoms. The normalized spacial score (nSPS) is 12.4. The molecule has 0 aliphatic heterocycles. The minimum atomic E-state index is -3.73. The Morgan fingerprint density at radius 1 is 0.966 bits per heavy atom.